The van der Waals surface area contributed by atoms with E-state index in [9.17, 15) is 0 Å². The van der Waals surface area contributed by atoms with E-state index in [-0.39, 0.29) is 0 Å². The third-order valence-corrected chi connectivity index (χ3v) is 2.91. The van der Waals surface area contributed by atoms with E-state index in [0.717, 1.165) is 11.8 Å². The molecule has 2 heterocycles. The first-order chi connectivity index (χ1) is 6.86. The molecule has 14 heavy (non-hydrogen) atoms. The van der Waals surface area contributed by atoms with E-state index >= 15 is 0 Å². The van der Waals surface area contributed by atoms with Gasteiger partial charge in [0.2, 0.25) is 0 Å². The summed E-state index contributed by atoms with van der Waals surface area (Å²) in [5, 5.41) is 3.46. The Morgan fingerprint density at radius 2 is 1.57 bits per heavy atom. The Hall–Kier alpha value is -0.0800. The van der Waals surface area contributed by atoms with Gasteiger partial charge in [-0.3, -0.25) is 0 Å². The maximum atomic E-state index is 3.46. The summed E-state index contributed by atoms with van der Waals surface area (Å²) in [5.74, 6) is 1.95. The van der Waals surface area contributed by atoms with Crippen LogP contribution in [0.5, 0.6) is 0 Å². The minimum atomic E-state index is 0.957. The molecule has 0 aromatic rings. The SMILES string of the molecule is CC.CC.CN1CCC2CNCC2C1. The fraction of sp³-hybridized carbons (Fsp3) is 1.00. The number of nitrogens with zero attached hydrogens (tertiary/aromatic N) is 1. The molecule has 0 amide bonds. The standard InChI is InChI=1S/C8H16N2.2C2H6/c1-10-3-2-7-4-9-5-8(7)6-10;2*1-2/h7-9H,2-6H2,1H3;2*1-2H3. The van der Waals surface area contributed by atoms with Gasteiger partial charge in [0.15, 0.2) is 0 Å². The lowest BCUT2D eigenvalue weighted by atomic mass is 9.89. The third kappa shape index (κ3) is 3.97. The fourth-order valence-corrected chi connectivity index (χ4v) is 2.22. The van der Waals surface area contributed by atoms with Gasteiger partial charge in [-0.05, 0) is 44.9 Å². The summed E-state index contributed by atoms with van der Waals surface area (Å²) < 4.78 is 0. The highest BCUT2D eigenvalue weighted by Crippen LogP contribution is 2.25. The van der Waals surface area contributed by atoms with E-state index in [0.29, 0.717) is 0 Å². The summed E-state index contributed by atoms with van der Waals surface area (Å²) in [6, 6.07) is 0. The summed E-state index contributed by atoms with van der Waals surface area (Å²) in [6.07, 6.45) is 1.41. The van der Waals surface area contributed by atoms with Crippen molar-refractivity contribution in [3.63, 3.8) is 0 Å². The molecule has 0 aliphatic carbocycles. The van der Waals surface area contributed by atoms with Crippen LogP contribution in [0, 0.1) is 11.8 Å². The Bertz CT molecular complexity index is 125. The molecule has 2 aliphatic rings. The smallest absolute Gasteiger partial charge is 0.00219 e. The Labute approximate surface area is 90.1 Å². The number of fused-ring (bicyclic) bond motifs is 1. The molecule has 0 spiro atoms. The predicted molar refractivity (Wildman–Crippen MR) is 64.7 cm³/mol. The van der Waals surface area contributed by atoms with Crippen molar-refractivity contribution in [1.82, 2.24) is 10.2 Å². The molecule has 2 heteroatoms. The molecule has 0 aromatic heterocycles. The van der Waals surface area contributed by atoms with Gasteiger partial charge < -0.3 is 10.2 Å². The Kier molecular flexibility index (Phi) is 8.20. The van der Waals surface area contributed by atoms with Gasteiger partial charge in [-0.2, -0.15) is 0 Å². The second-order valence-electron chi connectivity index (χ2n) is 3.73. The topological polar surface area (TPSA) is 15.3 Å². The summed E-state index contributed by atoms with van der Waals surface area (Å²) in [7, 11) is 2.23. The first-order valence-electron chi connectivity index (χ1n) is 6.25. The Balaban J connectivity index is 0.000000379. The fourth-order valence-electron chi connectivity index (χ4n) is 2.22. The van der Waals surface area contributed by atoms with Gasteiger partial charge in [0.25, 0.3) is 0 Å². The highest BCUT2D eigenvalue weighted by atomic mass is 15.1. The van der Waals surface area contributed by atoms with E-state index in [1.165, 1.54) is 32.6 Å². The van der Waals surface area contributed by atoms with Crippen LogP contribution in [-0.2, 0) is 0 Å². The lowest BCUT2D eigenvalue weighted by molar-refractivity contribution is 0.178. The number of rotatable bonds is 0. The van der Waals surface area contributed by atoms with Crippen LogP contribution < -0.4 is 5.32 Å². The minimum absolute atomic E-state index is 0.957. The minimum Gasteiger partial charge on any atom is -0.316 e. The number of hydrogen-bond donors (Lipinski definition) is 1. The first kappa shape index (κ1) is 13.9. The summed E-state index contributed by atoms with van der Waals surface area (Å²) in [5.41, 5.74) is 0. The van der Waals surface area contributed by atoms with Crippen molar-refractivity contribution >= 4 is 0 Å². The second-order valence-corrected chi connectivity index (χ2v) is 3.73. The van der Waals surface area contributed by atoms with Crippen LogP contribution in [0.1, 0.15) is 34.1 Å². The first-order valence-corrected chi connectivity index (χ1v) is 6.25. The Morgan fingerprint density at radius 1 is 1.00 bits per heavy atom. The molecule has 2 saturated heterocycles. The molecule has 2 fully saturated rings. The van der Waals surface area contributed by atoms with Crippen LogP contribution in [0.4, 0.5) is 0 Å². The highest BCUT2D eigenvalue weighted by molar-refractivity contribution is 4.86. The average Bonchev–Trinajstić information content (AvgIpc) is 2.71. The summed E-state index contributed by atoms with van der Waals surface area (Å²) in [4.78, 5) is 2.45. The van der Waals surface area contributed by atoms with Crippen molar-refractivity contribution in [3.8, 4) is 0 Å². The van der Waals surface area contributed by atoms with Crippen molar-refractivity contribution < 1.29 is 0 Å². The molecule has 0 bridgehead atoms. The van der Waals surface area contributed by atoms with Gasteiger partial charge in [0, 0.05) is 6.54 Å². The van der Waals surface area contributed by atoms with Crippen molar-refractivity contribution in [3.05, 3.63) is 0 Å². The quantitative estimate of drug-likeness (QED) is 0.645. The van der Waals surface area contributed by atoms with E-state index < -0.39 is 0 Å². The zero-order valence-electron chi connectivity index (χ0n) is 10.6. The second kappa shape index (κ2) is 8.25. The number of nitrogens with one attached hydrogen (secondary N) is 1. The van der Waals surface area contributed by atoms with Gasteiger partial charge in [0.1, 0.15) is 0 Å². The largest absolute Gasteiger partial charge is 0.316 e. The van der Waals surface area contributed by atoms with Gasteiger partial charge in [-0.1, -0.05) is 27.7 Å². The molecule has 2 rings (SSSR count). The van der Waals surface area contributed by atoms with Gasteiger partial charge >= 0.3 is 0 Å². The summed E-state index contributed by atoms with van der Waals surface area (Å²) in [6.45, 7) is 13.2. The number of piperidine rings is 1. The van der Waals surface area contributed by atoms with Crippen molar-refractivity contribution in [2.45, 2.75) is 34.1 Å². The van der Waals surface area contributed by atoms with Crippen LogP contribution in [-0.4, -0.2) is 38.1 Å². The Morgan fingerprint density at radius 3 is 2.21 bits per heavy atom. The zero-order chi connectivity index (χ0) is 11.0. The lowest BCUT2D eigenvalue weighted by Gasteiger charge is -2.31. The number of likely N-dealkylation sites (tertiary alicyclic amines) is 1. The molecule has 0 saturated carbocycles. The average molecular weight is 200 g/mol. The molecule has 2 unspecified atom stereocenters. The van der Waals surface area contributed by atoms with Crippen molar-refractivity contribution in [2.75, 3.05) is 33.2 Å². The van der Waals surface area contributed by atoms with Crippen LogP contribution in [0.15, 0.2) is 0 Å². The van der Waals surface area contributed by atoms with Gasteiger partial charge in [-0.25, -0.2) is 0 Å². The third-order valence-electron chi connectivity index (χ3n) is 2.91. The normalized spacial score (nSPS) is 30.6. The molecule has 0 radical (unpaired) electrons. The van der Waals surface area contributed by atoms with Crippen LogP contribution in [0.25, 0.3) is 0 Å². The van der Waals surface area contributed by atoms with Crippen LogP contribution in [0.2, 0.25) is 0 Å². The van der Waals surface area contributed by atoms with E-state index in [2.05, 4.69) is 17.3 Å². The van der Waals surface area contributed by atoms with Gasteiger partial charge in [-0.15, -0.1) is 0 Å². The highest BCUT2D eigenvalue weighted by Gasteiger charge is 2.30. The van der Waals surface area contributed by atoms with Crippen LogP contribution in [0.3, 0.4) is 0 Å². The molecule has 0 aromatic carbocycles. The molecular formula is C12H28N2. The van der Waals surface area contributed by atoms with Gasteiger partial charge in [0.05, 0.1) is 0 Å². The maximum Gasteiger partial charge on any atom is 0.00219 e. The monoisotopic (exact) mass is 200 g/mol. The van der Waals surface area contributed by atoms with Crippen molar-refractivity contribution in [1.29, 1.82) is 0 Å². The van der Waals surface area contributed by atoms with Crippen molar-refractivity contribution in [2.24, 2.45) is 11.8 Å². The lowest BCUT2D eigenvalue weighted by Crippen LogP contribution is -2.37. The van der Waals surface area contributed by atoms with E-state index in [4.69, 9.17) is 0 Å². The molecular weight excluding hydrogens is 172 g/mol. The van der Waals surface area contributed by atoms with E-state index in [1.54, 1.807) is 0 Å². The summed E-state index contributed by atoms with van der Waals surface area (Å²) >= 11 is 0. The van der Waals surface area contributed by atoms with Crippen LogP contribution >= 0.6 is 0 Å². The molecule has 2 atom stereocenters. The zero-order valence-corrected chi connectivity index (χ0v) is 10.6. The van der Waals surface area contributed by atoms with E-state index in [1.807, 2.05) is 27.7 Å². The predicted octanol–water partition coefficient (Wildman–Crippen LogP) is 2.21. The number of hydrogen-bond acceptors (Lipinski definition) is 2. The molecule has 86 valence electrons. The molecule has 2 aliphatic heterocycles. The maximum absolute atomic E-state index is 3.46. The molecule has 1 N–H and O–H groups in total. The molecule has 2 nitrogen and oxygen atoms in total.